The minimum Gasteiger partial charge on any atom is -0.465 e. The largest absolute Gasteiger partial charge is 0.465 e. The Morgan fingerprint density at radius 2 is 2.27 bits per heavy atom. The van der Waals surface area contributed by atoms with Gasteiger partial charge in [-0.1, -0.05) is 22.0 Å². The fraction of sp³-hybridized carbons (Fsp3) is 0.364. The van der Waals surface area contributed by atoms with Gasteiger partial charge in [-0.05, 0) is 30.5 Å². The molecule has 1 aromatic carbocycles. The number of carbonyl (C=O) groups excluding carboxylic acids is 1. The number of anilines is 1. The number of hydrogen-bond donors (Lipinski definition) is 1. The summed E-state index contributed by atoms with van der Waals surface area (Å²) in [5.41, 5.74) is 8.05. The number of benzene rings is 1. The van der Waals surface area contributed by atoms with E-state index in [9.17, 15) is 4.79 Å². The summed E-state index contributed by atoms with van der Waals surface area (Å²) >= 11 is 3.37. The highest BCUT2D eigenvalue weighted by atomic mass is 79.9. The fourth-order valence-electron chi connectivity index (χ4n) is 1.32. The van der Waals surface area contributed by atoms with Crippen molar-refractivity contribution in [1.29, 1.82) is 0 Å². The second-order valence-corrected chi connectivity index (χ2v) is 3.99. The molecular formula is C11H14BrNO2. The summed E-state index contributed by atoms with van der Waals surface area (Å²) in [7, 11) is 1.36. The Kier molecular flexibility index (Phi) is 4.62. The van der Waals surface area contributed by atoms with Gasteiger partial charge in [0.15, 0.2) is 0 Å². The van der Waals surface area contributed by atoms with Gasteiger partial charge in [-0.15, -0.1) is 0 Å². The Bertz CT molecular complexity index is 352. The van der Waals surface area contributed by atoms with E-state index in [1.54, 1.807) is 12.1 Å². The number of nitrogens with two attached hydrogens (primary N) is 1. The topological polar surface area (TPSA) is 52.3 Å². The molecule has 0 bridgehead atoms. The normalized spacial score (nSPS) is 10.0. The first-order valence-electron chi connectivity index (χ1n) is 4.71. The van der Waals surface area contributed by atoms with E-state index in [0.29, 0.717) is 11.3 Å². The number of hydrogen-bond acceptors (Lipinski definition) is 3. The summed E-state index contributed by atoms with van der Waals surface area (Å²) in [6.07, 6.45) is 1.94. The second-order valence-electron chi connectivity index (χ2n) is 3.20. The molecule has 0 aliphatic rings. The lowest BCUT2D eigenvalue weighted by Crippen LogP contribution is -2.04. The molecule has 0 aromatic heterocycles. The first kappa shape index (κ1) is 12.0. The van der Waals surface area contributed by atoms with Crippen molar-refractivity contribution >= 4 is 27.6 Å². The summed E-state index contributed by atoms with van der Waals surface area (Å²) in [4.78, 5) is 11.2. The van der Waals surface area contributed by atoms with E-state index in [4.69, 9.17) is 5.73 Å². The maximum atomic E-state index is 11.2. The summed E-state index contributed by atoms with van der Waals surface area (Å²) in [6.45, 7) is 0. The van der Waals surface area contributed by atoms with Gasteiger partial charge in [0.2, 0.25) is 0 Å². The zero-order chi connectivity index (χ0) is 11.3. The molecule has 2 N–H and O–H groups in total. The average Bonchev–Trinajstić information content (AvgIpc) is 2.26. The summed E-state index contributed by atoms with van der Waals surface area (Å²) < 4.78 is 4.61. The Hall–Kier alpha value is -1.03. The molecule has 0 saturated carbocycles. The highest BCUT2D eigenvalue weighted by Gasteiger charge is 2.07. The van der Waals surface area contributed by atoms with Crippen LogP contribution in [0.25, 0.3) is 0 Å². The molecule has 0 heterocycles. The molecule has 0 radical (unpaired) electrons. The van der Waals surface area contributed by atoms with Crippen LogP contribution < -0.4 is 5.73 Å². The molecule has 0 saturated heterocycles. The summed E-state index contributed by atoms with van der Waals surface area (Å²) in [5, 5.41) is 0.950. The van der Waals surface area contributed by atoms with Gasteiger partial charge >= 0.3 is 5.97 Å². The maximum absolute atomic E-state index is 11.2. The number of aryl methyl sites for hydroxylation is 1. The van der Waals surface area contributed by atoms with Gasteiger partial charge in [-0.25, -0.2) is 4.79 Å². The van der Waals surface area contributed by atoms with E-state index < -0.39 is 0 Å². The van der Waals surface area contributed by atoms with E-state index in [2.05, 4.69) is 20.7 Å². The minimum atomic E-state index is -0.353. The lowest BCUT2D eigenvalue weighted by molar-refractivity contribution is 0.0601. The standard InChI is InChI=1S/C11H14BrNO2/c1-15-11(14)9-5-4-8(3-2-6-12)10(13)7-9/h4-5,7H,2-3,6,13H2,1H3. The maximum Gasteiger partial charge on any atom is 0.337 e. The zero-order valence-electron chi connectivity index (χ0n) is 8.63. The van der Waals surface area contributed by atoms with Crippen molar-refractivity contribution < 1.29 is 9.53 Å². The van der Waals surface area contributed by atoms with E-state index in [1.165, 1.54) is 7.11 Å². The molecule has 82 valence electrons. The van der Waals surface area contributed by atoms with Crippen LogP contribution in [0.2, 0.25) is 0 Å². The predicted molar refractivity (Wildman–Crippen MR) is 64.3 cm³/mol. The molecule has 15 heavy (non-hydrogen) atoms. The van der Waals surface area contributed by atoms with Crippen molar-refractivity contribution in [1.82, 2.24) is 0 Å². The Morgan fingerprint density at radius 1 is 1.53 bits per heavy atom. The van der Waals surface area contributed by atoms with Gasteiger partial charge in [0.1, 0.15) is 0 Å². The van der Waals surface area contributed by atoms with Crippen molar-refractivity contribution in [2.45, 2.75) is 12.8 Å². The molecule has 0 atom stereocenters. The van der Waals surface area contributed by atoms with Crippen molar-refractivity contribution in [3.8, 4) is 0 Å². The molecule has 0 unspecified atom stereocenters. The smallest absolute Gasteiger partial charge is 0.337 e. The Labute approximate surface area is 97.7 Å². The number of esters is 1. The van der Waals surface area contributed by atoms with Crippen LogP contribution in [0.1, 0.15) is 22.3 Å². The van der Waals surface area contributed by atoms with E-state index in [-0.39, 0.29) is 5.97 Å². The van der Waals surface area contributed by atoms with Crippen LogP contribution in [-0.2, 0) is 11.2 Å². The number of rotatable bonds is 4. The third-order valence-corrected chi connectivity index (χ3v) is 2.71. The van der Waals surface area contributed by atoms with Crippen LogP contribution in [0.4, 0.5) is 5.69 Å². The number of ether oxygens (including phenoxy) is 1. The van der Waals surface area contributed by atoms with Crippen LogP contribution in [-0.4, -0.2) is 18.4 Å². The van der Waals surface area contributed by atoms with Crippen molar-refractivity contribution in [2.24, 2.45) is 0 Å². The van der Waals surface area contributed by atoms with Gasteiger partial charge in [0.05, 0.1) is 12.7 Å². The van der Waals surface area contributed by atoms with E-state index in [1.807, 2.05) is 6.07 Å². The van der Waals surface area contributed by atoms with E-state index in [0.717, 1.165) is 23.7 Å². The van der Waals surface area contributed by atoms with Crippen LogP contribution in [0.3, 0.4) is 0 Å². The second kappa shape index (κ2) is 5.75. The number of nitrogen functional groups attached to an aromatic ring is 1. The van der Waals surface area contributed by atoms with Gasteiger partial charge in [-0.2, -0.15) is 0 Å². The third-order valence-electron chi connectivity index (χ3n) is 2.15. The number of methoxy groups -OCH3 is 1. The van der Waals surface area contributed by atoms with Crippen LogP contribution in [0.5, 0.6) is 0 Å². The van der Waals surface area contributed by atoms with Gasteiger partial charge in [-0.3, -0.25) is 0 Å². The van der Waals surface area contributed by atoms with Gasteiger partial charge < -0.3 is 10.5 Å². The van der Waals surface area contributed by atoms with E-state index >= 15 is 0 Å². The minimum absolute atomic E-state index is 0.353. The van der Waals surface area contributed by atoms with Crippen LogP contribution in [0, 0.1) is 0 Å². The summed E-state index contributed by atoms with van der Waals surface area (Å²) in [6, 6.07) is 5.28. The summed E-state index contributed by atoms with van der Waals surface area (Å²) in [5.74, 6) is -0.353. The van der Waals surface area contributed by atoms with Crippen molar-refractivity contribution in [3.05, 3.63) is 29.3 Å². The third kappa shape index (κ3) is 3.23. The van der Waals surface area contributed by atoms with Crippen molar-refractivity contribution in [2.75, 3.05) is 18.2 Å². The SMILES string of the molecule is COC(=O)c1ccc(CCCBr)c(N)c1. The number of halogens is 1. The first-order valence-corrected chi connectivity index (χ1v) is 5.84. The molecule has 0 spiro atoms. The molecule has 1 aromatic rings. The zero-order valence-corrected chi connectivity index (χ0v) is 10.2. The predicted octanol–water partition coefficient (Wildman–Crippen LogP) is 2.38. The quantitative estimate of drug-likeness (QED) is 0.520. The highest BCUT2D eigenvalue weighted by Crippen LogP contribution is 2.17. The molecule has 0 aliphatic carbocycles. The molecule has 1 rings (SSSR count). The molecule has 0 aliphatic heterocycles. The molecule has 0 fully saturated rings. The molecular weight excluding hydrogens is 258 g/mol. The van der Waals surface area contributed by atoms with Crippen LogP contribution >= 0.6 is 15.9 Å². The number of carbonyl (C=O) groups is 1. The number of alkyl halides is 1. The Balaban J connectivity index is 2.83. The highest BCUT2D eigenvalue weighted by molar-refractivity contribution is 9.09. The lowest BCUT2D eigenvalue weighted by Gasteiger charge is -2.06. The Morgan fingerprint density at radius 3 is 2.80 bits per heavy atom. The van der Waals surface area contributed by atoms with Crippen molar-refractivity contribution in [3.63, 3.8) is 0 Å². The lowest BCUT2D eigenvalue weighted by atomic mass is 10.1. The molecule has 4 heteroatoms. The van der Waals surface area contributed by atoms with Crippen LogP contribution in [0.15, 0.2) is 18.2 Å². The van der Waals surface area contributed by atoms with Gasteiger partial charge in [0.25, 0.3) is 0 Å². The first-order chi connectivity index (χ1) is 7.19. The van der Waals surface area contributed by atoms with Gasteiger partial charge in [0, 0.05) is 11.0 Å². The average molecular weight is 272 g/mol. The molecule has 3 nitrogen and oxygen atoms in total. The molecule has 0 amide bonds. The fourth-order valence-corrected chi connectivity index (χ4v) is 1.61. The monoisotopic (exact) mass is 271 g/mol.